The molecule has 3 aromatic carbocycles. The van der Waals surface area contributed by atoms with Gasteiger partial charge in [-0.1, -0.05) is 54.1 Å². The lowest BCUT2D eigenvalue weighted by Crippen LogP contribution is -2.41. The van der Waals surface area contributed by atoms with Crippen molar-refractivity contribution >= 4 is 28.4 Å². The van der Waals surface area contributed by atoms with Crippen molar-refractivity contribution in [1.29, 1.82) is 0 Å². The van der Waals surface area contributed by atoms with Crippen LogP contribution in [0.2, 0.25) is 5.02 Å². The second kappa shape index (κ2) is 7.33. The smallest absolute Gasteiger partial charge is 0.254 e. The van der Waals surface area contributed by atoms with E-state index in [4.69, 9.17) is 11.6 Å². The minimum Gasteiger partial charge on any atom is -0.356 e. The maximum absolute atomic E-state index is 13.7. The number of nitrogens with zero attached hydrogens (tertiary/aromatic N) is 1. The molecule has 0 radical (unpaired) electrons. The lowest BCUT2D eigenvalue weighted by atomic mass is 9.91. The van der Waals surface area contributed by atoms with Gasteiger partial charge in [-0.05, 0) is 66.8 Å². The van der Waals surface area contributed by atoms with Gasteiger partial charge in [0.2, 0.25) is 0 Å². The van der Waals surface area contributed by atoms with Crippen LogP contribution in [-0.2, 0) is 6.42 Å². The first kappa shape index (κ1) is 19.0. The molecule has 1 atom stereocenters. The molecule has 3 nitrogen and oxygen atoms in total. The van der Waals surface area contributed by atoms with Gasteiger partial charge >= 0.3 is 0 Å². The molecule has 0 aliphatic carbocycles. The first-order valence-corrected chi connectivity index (χ1v) is 10.6. The number of H-pyrrole nitrogens is 1. The maximum atomic E-state index is 13.7. The molecule has 0 fully saturated rings. The Morgan fingerprint density at radius 1 is 1.00 bits per heavy atom. The monoisotopic (exact) mass is 414 g/mol. The molecule has 1 unspecified atom stereocenters. The Balaban J connectivity index is 1.68. The summed E-state index contributed by atoms with van der Waals surface area (Å²) in [6.07, 6.45) is 0.833. The van der Waals surface area contributed by atoms with Crippen LogP contribution in [0.15, 0.2) is 66.7 Å². The quantitative estimate of drug-likeness (QED) is 0.415. The van der Waals surface area contributed by atoms with Gasteiger partial charge in [0, 0.05) is 33.7 Å². The van der Waals surface area contributed by atoms with Crippen molar-refractivity contribution in [3.8, 4) is 0 Å². The van der Waals surface area contributed by atoms with E-state index in [0.717, 1.165) is 39.9 Å². The molecule has 2 heterocycles. The number of hydrogen-bond acceptors (Lipinski definition) is 1. The van der Waals surface area contributed by atoms with Crippen LogP contribution in [0.4, 0.5) is 0 Å². The van der Waals surface area contributed by atoms with Crippen LogP contribution in [0.5, 0.6) is 0 Å². The second-order valence-electron chi connectivity index (χ2n) is 8.01. The molecule has 1 amide bonds. The molecule has 4 aromatic rings. The number of carbonyl (C=O) groups is 1. The Morgan fingerprint density at radius 3 is 2.57 bits per heavy atom. The molecule has 30 heavy (non-hydrogen) atoms. The van der Waals surface area contributed by atoms with Crippen LogP contribution in [0.3, 0.4) is 0 Å². The molecular formula is C26H23ClN2O. The minimum atomic E-state index is -0.175. The lowest BCUT2D eigenvalue weighted by molar-refractivity contribution is 0.0691. The second-order valence-corrected chi connectivity index (χ2v) is 8.45. The molecule has 0 saturated carbocycles. The fraction of sp³-hybridized carbons (Fsp3) is 0.192. The highest BCUT2D eigenvalue weighted by Gasteiger charge is 2.35. The van der Waals surface area contributed by atoms with Gasteiger partial charge in [-0.2, -0.15) is 0 Å². The topological polar surface area (TPSA) is 36.1 Å². The predicted molar refractivity (Wildman–Crippen MR) is 122 cm³/mol. The van der Waals surface area contributed by atoms with E-state index in [9.17, 15) is 4.79 Å². The van der Waals surface area contributed by atoms with Crippen LogP contribution in [0.1, 0.15) is 44.3 Å². The number of halogens is 1. The minimum absolute atomic E-state index is 0.0699. The fourth-order valence-electron chi connectivity index (χ4n) is 4.59. The molecular weight excluding hydrogens is 392 g/mol. The number of aromatic nitrogens is 1. The van der Waals surface area contributed by atoms with E-state index in [1.807, 2.05) is 54.3 Å². The number of aromatic amines is 1. The van der Waals surface area contributed by atoms with Gasteiger partial charge in [0.1, 0.15) is 0 Å². The molecule has 0 bridgehead atoms. The molecule has 0 saturated heterocycles. The van der Waals surface area contributed by atoms with E-state index in [2.05, 4.69) is 36.2 Å². The van der Waals surface area contributed by atoms with Gasteiger partial charge in [-0.25, -0.2) is 0 Å². The standard InChI is InChI=1S/C26H23ClN2O/c1-16-6-5-8-20(17(16)2)26(30)29-15-14-22-21-7-3-4-9-23(21)28-24(22)25(29)18-10-12-19(27)13-11-18/h3-13,25,28H,14-15H2,1-2H3. The van der Waals surface area contributed by atoms with Crippen LogP contribution < -0.4 is 0 Å². The largest absolute Gasteiger partial charge is 0.356 e. The SMILES string of the molecule is Cc1cccc(C(=O)N2CCc3c([nH]c4ccccc34)C2c2ccc(Cl)cc2)c1C. The van der Waals surface area contributed by atoms with E-state index in [1.54, 1.807) is 0 Å². The maximum Gasteiger partial charge on any atom is 0.254 e. The van der Waals surface area contributed by atoms with Gasteiger partial charge in [-0.15, -0.1) is 0 Å². The summed E-state index contributed by atoms with van der Waals surface area (Å²) in [5.74, 6) is 0.0699. The van der Waals surface area contributed by atoms with E-state index < -0.39 is 0 Å². The third-order valence-electron chi connectivity index (χ3n) is 6.32. The highest BCUT2D eigenvalue weighted by Crippen LogP contribution is 2.39. The number of carbonyl (C=O) groups excluding carboxylic acids is 1. The molecule has 1 aromatic heterocycles. The van der Waals surface area contributed by atoms with Crippen LogP contribution in [0.25, 0.3) is 10.9 Å². The zero-order valence-corrected chi connectivity index (χ0v) is 17.8. The number of rotatable bonds is 2. The molecule has 1 aliphatic rings. The van der Waals surface area contributed by atoms with E-state index in [0.29, 0.717) is 11.6 Å². The van der Waals surface area contributed by atoms with E-state index in [-0.39, 0.29) is 11.9 Å². The third kappa shape index (κ3) is 3.01. The average Bonchev–Trinajstić information content (AvgIpc) is 3.14. The summed E-state index contributed by atoms with van der Waals surface area (Å²) >= 11 is 6.16. The van der Waals surface area contributed by atoms with Crippen LogP contribution >= 0.6 is 11.6 Å². The Kier molecular flexibility index (Phi) is 4.63. The van der Waals surface area contributed by atoms with Crippen molar-refractivity contribution in [2.45, 2.75) is 26.3 Å². The summed E-state index contributed by atoms with van der Waals surface area (Å²) in [6, 6.07) is 22.0. The van der Waals surface area contributed by atoms with Crippen molar-refractivity contribution in [2.75, 3.05) is 6.54 Å². The Bertz CT molecular complexity index is 1260. The van der Waals surface area contributed by atoms with Gasteiger partial charge < -0.3 is 9.88 Å². The number of amides is 1. The molecule has 150 valence electrons. The van der Waals surface area contributed by atoms with Crippen molar-refractivity contribution < 1.29 is 4.79 Å². The average molecular weight is 415 g/mol. The summed E-state index contributed by atoms with van der Waals surface area (Å²) in [6.45, 7) is 4.75. The van der Waals surface area contributed by atoms with Crippen molar-refractivity contribution in [2.24, 2.45) is 0 Å². The number of aryl methyl sites for hydroxylation is 1. The third-order valence-corrected chi connectivity index (χ3v) is 6.57. The van der Waals surface area contributed by atoms with Crippen molar-refractivity contribution in [3.63, 3.8) is 0 Å². The Labute approximate surface area is 181 Å². The van der Waals surface area contributed by atoms with Gasteiger partial charge in [-0.3, -0.25) is 4.79 Å². The van der Waals surface area contributed by atoms with Crippen molar-refractivity contribution in [1.82, 2.24) is 9.88 Å². The predicted octanol–water partition coefficient (Wildman–Crippen LogP) is 6.23. The Morgan fingerprint density at radius 2 is 1.77 bits per heavy atom. The van der Waals surface area contributed by atoms with Gasteiger partial charge in [0.15, 0.2) is 0 Å². The number of fused-ring (bicyclic) bond motifs is 3. The molecule has 4 heteroatoms. The number of nitrogens with one attached hydrogen (secondary N) is 1. The van der Waals surface area contributed by atoms with E-state index in [1.165, 1.54) is 10.9 Å². The van der Waals surface area contributed by atoms with Crippen LogP contribution in [-0.4, -0.2) is 22.3 Å². The number of benzene rings is 3. The molecule has 0 spiro atoms. The normalized spacial score (nSPS) is 16.0. The molecule has 5 rings (SSSR count). The first-order valence-electron chi connectivity index (χ1n) is 10.3. The lowest BCUT2D eigenvalue weighted by Gasteiger charge is -2.36. The fourth-order valence-corrected chi connectivity index (χ4v) is 4.71. The van der Waals surface area contributed by atoms with Gasteiger partial charge in [0.25, 0.3) is 5.91 Å². The highest BCUT2D eigenvalue weighted by molar-refractivity contribution is 6.30. The first-order chi connectivity index (χ1) is 14.5. The zero-order chi connectivity index (χ0) is 20.8. The molecule has 1 aliphatic heterocycles. The summed E-state index contributed by atoms with van der Waals surface area (Å²) in [5, 5.41) is 1.93. The molecule has 1 N–H and O–H groups in total. The summed E-state index contributed by atoms with van der Waals surface area (Å²) < 4.78 is 0. The van der Waals surface area contributed by atoms with Crippen LogP contribution in [0, 0.1) is 13.8 Å². The Hall–Kier alpha value is -3.04. The van der Waals surface area contributed by atoms with Gasteiger partial charge in [0.05, 0.1) is 6.04 Å². The van der Waals surface area contributed by atoms with Crippen molar-refractivity contribution in [3.05, 3.63) is 105 Å². The number of hydrogen-bond donors (Lipinski definition) is 1. The highest BCUT2D eigenvalue weighted by atomic mass is 35.5. The number of para-hydroxylation sites is 1. The zero-order valence-electron chi connectivity index (χ0n) is 17.1. The summed E-state index contributed by atoms with van der Waals surface area (Å²) in [7, 11) is 0. The summed E-state index contributed by atoms with van der Waals surface area (Å²) in [4.78, 5) is 19.4. The summed E-state index contributed by atoms with van der Waals surface area (Å²) in [5.41, 5.74) is 7.52. The van der Waals surface area contributed by atoms with E-state index >= 15 is 0 Å².